The van der Waals surface area contributed by atoms with E-state index in [1.807, 2.05) is 0 Å². The van der Waals surface area contributed by atoms with Crippen molar-refractivity contribution in [2.24, 2.45) is 10.4 Å². The van der Waals surface area contributed by atoms with E-state index in [4.69, 9.17) is 9.73 Å². The number of benzene rings is 1. The van der Waals surface area contributed by atoms with Gasteiger partial charge in [-0.3, -0.25) is 4.99 Å². The highest BCUT2D eigenvalue weighted by Crippen LogP contribution is 2.42. The monoisotopic (exact) mass is 343 g/mol. The lowest BCUT2D eigenvalue weighted by Gasteiger charge is -2.27. The fourth-order valence-electron chi connectivity index (χ4n) is 4.10. The Morgan fingerprint density at radius 1 is 1.24 bits per heavy atom. The topological polar surface area (TPSA) is 45.7 Å². The predicted molar refractivity (Wildman–Crippen MR) is 104 cm³/mol. The van der Waals surface area contributed by atoms with E-state index in [0.29, 0.717) is 17.4 Å². The number of ether oxygens (including phenoxy) is 1. The summed E-state index contributed by atoms with van der Waals surface area (Å²) in [5.41, 5.74) is 1.78. The quantitative estimate of drug-likeness (QED) is 0.559. The minimum absolute atomic E-state index is 0.348. The Morgan fingerprint density at radius 3 is 2.68 bits per heavy atom. The zero-order valence-corrected chi connectivity index (χ0v) is 15.8. The molecule has 2 N–H and O–H groups in total. The van der Waals surface area contributed by atoms with Crippen molar-refractivity contribution in [3.63, 3.8) is 0 Å². The normalized spacial score (nSPS) is 25.0. The average molecular weight is 344 g/mol. The molecule has 1 aromatic rings. The second kappa shape index (κ2) is 8.70. The van der Waals surface area contributed by atoms with Crippen LogP contribution in [0.25, 0.3) is 0 Å². The third kappa shape index (κ3) is 4.97. The molecule has 2 atom stereocenters. The Morgan fingerprint density at radius 2 is 2.00 bits per heavy atom. The zero-order chi connectivity index (χ0) is 17.5. The van der Waals surface area contributed by atoms with Crippen molar-refractivity contribution in [2.45, 2.75) is 57.4 Å². The first-order chi connectivity index (χ1) is 12.3. The highest BCUT2D eigenvalue weighted by Gasteiger charge is 2.39. The molecule has 2 aliphatic carbocycles. The van der Waals surface area contributed by atoms with E-state index in [2.05, 4.69) is 47.9 Å². The van der Waals surface area contributed by atoms with E-state index in [9.17, 15) is 0 Å². The number of guanidine groups is 1. The summed E-state index contributed by atoms with van der Waals surface area (Å²) in [6.07, 6.45) is 7.57. The van der Waals surface area contributed by atoms with Crippen LogP contribution in [-0.2, 0) is 4.74 Å². The zero-order valence-electron chi connectivity index (χ0n) is 15.8. The van der Waals surface area contributed by atoms with Crippen LogP contribution in [0.1, 0.15) is 56.9 Å². The summed E-state index contributed by atoms with van der Waals surface area (Å²) < 4.78 is 5.34. The molecule has 0 aromatic heterocycles. The second-order valence-corrected chi connectivity index (χ2v) is 7.65. The number of nitrogens with one attached hydrogen (secondary N) is 2. The molecule has 2 saturated carbocycles. The van der Waals surface area contributed by atoms with Crippen LogP contribution in [0.4, 0.5) is 0 Å². The third-order valence-electron chi connectivity index (χ3n) is 5.76. The molecule has 0 aliphatic heterocycles. The van der Waals surface area contributed by atoms with Crippen LogP contribution in [0.5, 0.6) is 0 Å². The summed E-state index contributed by atoms with van der Waals surface area (Å²) in [5, 5.41) is 7.08. The van der Waals surface area contributed by atoms with E-state index in [0.717, 1.165) is 32.1 Å². The van der Waals surface area contributed by atoms with Gasteiger partial charge in [-0.2, -0.15) is 0 Å². The van der Waals surface area contributed by atoms with Crippen molar-refractivity contribution in [2.75, 3.05) is 26.8 Å². The second-order valence-electron chi connectivity index (χ2n) is 7.65. The number of aliphatic imine (C=N–C) groups is 1. The van der Waals surface area contributed by atoms with Crippen molar-refractivity contribution < 1.29 is 4.74 Å². The first-order valence-electron chi connectivity index (χ1n) is 9.85. The molecular weight excluding hydrogens is 310 g/mol. The largest absolute Gasteiger partial charge is 0.385 e. The molecule has 0 heterocycles. The van der Waals surface area contributed by atoms with Gasteiger partial charge in [0, 0.05) is 38.8 Å². The average Bonchev–Trinajstić information content (AvgIpc) is 3.26. The number of methoxy groups -OCH3 is 1. The predicted octanol–water partition coefficient (Wildman–Crippen LogP) is 3.69. The van der Waals surface area contributed by atoms with E-state index >= 15 is 0 Å². The van der Waals surface area contributed by atoms with Gasteiger partial charge < -0.3 is 15.4 Å². The van der Waals surface area contributed by atoms with Crippen LogP contribution >= 0.6 is 0 Å². The van der Waals surface area contributed by atoms with Gasteiger partial charge >= 0.3 is 0 Å². The van der Waals surface area contributed by atoms with E-state index < -0.39 is 0 Å². The van der Waals surface area contributed by atoms with Gasteiger partial charge in [0.15, 0.2) is 5.96 Å². The maximum absolute atomic E-state index is 5.34. The Balaban J connectivity index is 1.58. The summed E-state index contributed by atoms with van der Waals surface area (Å²) in [6, 6.07) is 11.3. The smallest absolute Gasteiger partial charge is 0.191 e. The number of hydrogen-bond acceptors (Lipinski definition) is 2. The maximum Gasteiger partial charge on any atom is 0.191 e. The lowest BCUT2D eigenvalue weighted by molar-refractivity contribution is 0.141. The molecule has 0 radical (unpaired) electrons. The molecule has 4 nitrogen and oxygen atoms in total. The first-order valence-corrected chi connectivity index (χ1v) is 9.85. The lowest BCUT2D eigenvalue weighted by Crippen LogP contribution is -2.40. The van der Waals surface area contributed by atoms with Crippen LogP contribution in [-0.4, -0.2) is 38.8 Å². The molecule has 3 rings (SSSR count). The minimum Gasteiger partial charge on any atom is -0.385 e. The van der Waals surface area contributed by atoms with Crippen molar-refractivity contribution in [3.8, 4) is 0 Å². The minimum atomic E-state index is 0.348. The highest BCUT2D eigenvalue weighted by molar-refractivity contribution is 5.80. The Kier molecular flexibility index (Phi) is 6.35. The summed E-state index contributed by atoms with van der Waals surface area (Å²) in [7, 11) is 1.80. The summed E-state index contributed by atoms with van der Waals surface area (Å²) in [4.78, 5) is 4.97. The number of rotatable bonds is 8. The third-order valence-corrected chi connectivity index (χ3v) is 5.76. The molecule has 0 bridgehead atoms. The van der Waals surface area contributed by atoms with Gasteiger partial charge in [0.2, 0.25) is 0 Å². The molecule has 2 aliphatic rings. The van der Waals surface area contributed by atoms with Crippen LogP contribution in [0.15, 0.2) is 35.3 Å². The van der Waals surface area contributed by atoms with Crippen molar-refractivity contribution in [1.29, 1.82) is 0 Å². The molecule has 138 valence electrons. The van der Waals surface area contributed by atoms with Gasteiger partial charge in [-0.25, -0.2) is 0 Å². The molecule has 0 amide bonds. The highest BCUT2D eigenvalue weighted by atomic mass is 16.5. The van der Waals surface area contributed by atoms with Crippen molar-refractivity contribution >= 4 is 5.96 Å². The molecule has 0 spiro atoms. The van der Waals surface area contributed by atoms with Gasteiger partial charge in [0.1, 0.15) is 0 Å². The summed E-state index contributed by atoms with van der Waals surface area (Å²) in [5.74, 6) is 1.61. The van der Waals surface area contributed by atoms with Crippen molar-refractivity contribution in [3.05, 3.63) is 35.9 Å². The van der Waals surface area contributed by atoms with Gasteiger partial charge in [-0.1, -0.05) is 43.2 Å². The van der Waals surface area contributed by atoms with Crippen LogP contribution in [0, 0.1) is 5.41 Å². The molecule has 2 unspecified atom stereocenters. The SMILES string of the molecule is CCNC(=NCC1(CCOC)CCCC1)NC1CC1c1ccccc1. The van der Waals surface area contributed by atoms with Gasteiger partial charge in [0.05, 0.1) is 0 Å². The van der Waals surface area contributed by atoms with Gasteiger partial charge in [-0.15, -0.1) is 0 Å². The molecular formula is C21H33N3O. The molecule has 0 saturated heterocycles. The van der Waals surface area contributed by atoms with E-state index in [1.54, 1.807) is 7.11 Å². The fourth-order valence-corrected chi connectivity index (χ4v) is 4.10. The molecule has 4 heteroatoms. The maximum atomic E-state index is 5.34. The summed E-state index contributed by atoms with van der Waals surface area (Å²) >= 11 is 0. The summed E-state index contributed by atoms with van der Waals surface area (Å²) in [6.45, 7) is 4.79. The number of hydrogen-bond donors (Lipinski definition) is 2. The van der Waals surface area contributed by atoms with E-state index in [1.165, 1.54) is 37.7 Å². The van der Waals surface area contributed by atoms with Crippen LogP contribution in [0.2, 0.25) is 0 Å². The Bertz CT molecular complexity index is 552. The molecule has 2 fully saturated rings. The Labute approximate surface area is 152 Å². The molecule has 1 aromatic carbocycles. The van der Waals surface area contributed by atoms with Gasteiger partial charge in [-0.05, 0) is 43.6 Å². The number of nitrogens with zero attached hydrogens (tertiary/aromatic N) is 1. The Hall–Kier alpha value is -1.55. The van der Waals surface area contributed by atoms with Crippen molar-refractivity contribution in [1.82, 2.24) is 10.6 Å². The van der Waals surface area contributed by atoms with Crippen LogP contribution < -0.4 is 10.6 Å². The first kappa shape index (κ1) is 18.2. The molecule has 25 heavy (non-hydrogen) atoms. The van der Waals surface area contributed by atoms with E-state index in [-0.39, 0.29) is 0 Å². The fraction of sp³-hybridized carbons (Fsp3) is 0.667. The van der Waals surface area contributed by atoms with Crippen LogP contribution in [0.3, 0.4) is 0 Å². The standard InChI is InChI=1S/C21H33N3O/c1-3-22-20(23-16-21(13-14-25-2)11-7-8-12-21)24-19-15-18(19)17-9-5-4-6-10-17/h4-6,9-10,18-19H,3,7-8,11-16H2,1-2H3,(H2,22,23,24). The lowest BCUT2D eigenvalue weighted by atomic mass is 9.83. The van der Waals surface area contributed by atoms with Gasteiger partial charge in [0.25, 0.3) is 0 Å².